The van der Waals surface area contributed by atoms with Crippen molar-refractivity contribution in [3.05, 3.63) is 17.5 Å². The first kappa shape index (κ1) is 17.1. The second kappa shape index (κ2) is 6.29. The topological polar surface area (TPSA) is 72.8 Å². The molecular weight excluding hydrogens is 306 g/mol. The number of rotatable bonds is 2. The fourth-order valence-corrected chi connectivity index (χ4v) is 3.28. The summed E-state index contributed by atoms with van der Waals surface area (Å²) in [6, 6.07) is 0. The normalized spacial score (nSPS) is 28.5. The highest BCUT2D eigenvalue weighted by Gasteiger charge is 2.41. The van der Waals surface area contributed by atoms with E-state index >= 15 is 0 Å². The first-order valence-electron chi connectivity index (χ1n) is 8.57. The van der Waals surface area contributed by atoms with Gasteiger partial charge in [-0.15, -0.1) is 0 Å². The maximum absolute atomic E-state index is 12.7. The minimum Gasteiger partial charge on any atom is -0.388 e. The van der Waals surface area contributed by atoms with Gasteiger partial charge < -0.3 is 19.8 Å². The number of aromatic nitrogens is 2. The van der Waals surface area contributed by atoms with Gasteiger partial charge in [0.2, 0.25) is 5.95 Å². The molecule has 1 amide bonds. The average Bonchev–Trinajstić information content (AvgIpc) is 2.81. The fourth-order valence-electron chi connectivity index (χ4n) is 3.28. The summed E-state index contributed by atoms with van der Waals surface area (Å²) in [5.74, 6) is 0.660. The summed E-state index contributed by atoms with van der Waals surface area (Å²) in [5.41, 5.74) is 0.394. The minimum absolute atomic E-state index is 0.0623. The molecule has 2 aliphatic heterocycles. The maximum Gasteiger partial charge on any atom is 0.257 e. The van der Waals surface area contributed by atoms with E-state index in [-0.39, 0.29) is 11.8 Å². The van der Waals surface area contributed by atoms with Crippen molar-refractivity contribution >= 4 is 11.9 Å². The number of β-amino-alcohol motifs (C(OH)–C–C–N with tert-alkyl or cyclic N) is 1. The van der Waals surface area contributed by atoms with Crippen LogP contribution in [0.2, 0.25) is 0 Å². The molecule has 2 fully saturated rings. The number of aliphatic hydroxyl groups is 1. The highest BCUT2D eigenvalue weighted by molar-refractivity contribution is 5.95. The van der Waals surface area contributed by atoms with E-state index < -0.39 is 5.60 Å². The smallest absolute Gasteiger partial charge is 0.257 e. The molecule has 132 valence electrons. The number of nitrogens with zero attached hydrogens (tertiary/aromatic N) is 5. The lowest BCUT2D eigenvalue weighted by atomic mass is 9.95. The van der Waals surface area contributed by atoms with Gasteiger partial charge in [-0.25, -0.2) is 9.97 Å². The standard InChI is InChI=1S/C17H27N5O2/c1-12-10-22(11-17(12,3)24)15(23)14-9-18-16(19-13(14)2)21-7-5-20(4)6-8-21/h9,12,24H,5-8,10-11H2,1-4H3/t12-,17+/m1/s1. The van der Waals surface area contributed by atoms with E-state index in [9.17, 15) is 9.90 Å². The van der Waals surface area contributed by atoms with Crippen molar-refractivity contribution in [2.45, 2.75) is 26.4 Å². The third kappa shape index (κ3) is 3.23. The maximum atomic E-state index is 12.7. The van der Waals surface area contributed by atoms with Crippen molar-refractivity contribution < 1.29 is 9.90 Å². The van der Waals surface area contributed by atoms with Gasteiger partial charge in [-0.1, -0.05) is 6.92 Å². The zero-order valence-electron chi connectivity index (χ0n) is 15.0. The summed E-state index contributed by atoms with van der Waals surface area (Å²) in [6.07, 6.45) is 1.63. The molecule has 1 N–H and O–H groups in total. The van der Waals surface area contributed by atoms with Crippen LogP contribution in [0.5, 0.6) is 0 Å². The van der Waals surface area contributed by atoms with E-state index in [1.165, 1.54) is 0 Å². The molecule has 3 heterocycles. The SMILES string of the molecule is Cc1nc(N2CCN(C)CC2)ncc1C(=O)N1C[C@@H](C)[C@@](C)(O)C1. The molecule has 0 aromatic carbocycles. The molecule has 0 spiro atoms. The molecule has 1 aromatic heterocycles. The molecule has 2 saturated heterocycles. The molecule has 24 heavy (non-hydrogen) atoms. The predicted molar refractivity (Wildman–Crippen MR) is 92.2 cm³/mol. The first-order valence-corrected chi connectivity index (χ1v) is 8.57. The highest BCUT2D eigenvalue weighted by atomic mass is 16.3. The van der Waals surface area contributed by atoms with Gasteiger partial charge in [-0.3, -0.25) is 4.79 Å². The van der Waals surface area contributed by atoms with Gasteiger partial charge in [0.15, 0.2) is 0 Å². The van der Waals surface area contributed by atoms with Crippen LogP contribution in [0, 0.1) is 12.8 Å². The Bertz CT molecular complexity index is 625. The Morgan fingerprint density at radius 3 is 2.54 bits per heavy atom. The fraction of sp³-hybridized carbons (Fsp3) is 0.706. The van der Waals surface area contributed by atoms with Crippen LogP contribution in [-0.2, 0) is 0 Å². The molecule has 0 aliphatic carbocycles. The van der Waals surface area contributed by atoms with E-state index in [0.717, 1.165) is 26.2 Å². The van der Waals surface area contributed by atoms with Gasteiger partial charge in [-0.2, -0.15) is 0 Å². The van der Waals surface area contributed by atoms with Gasteiger partial charge in [0.1, 0.15) is 0 Å². The van der Waals surface area contributed by atoms with Gasteiger partial charge in [-0.05, 0) is 20.9 Å². The number of anilines is 1. The highest BCUT2D eigenvalue weighted by Crippen LogP contribution is 2.28. The summed E-state index contributed by atoms with van der Waals surface area (Å²) in [4.78, 5) is 27.9. The van der Waals surface area contributed by atoms with Crippen molar-refractivity contribution in [1.82, 2.24) is 19.8 Å². The van der Waals surface area contributed by atoms with Crippen LogP contribution in [0.4, 0.5) is 5.95 Å². The van der Waals surface area contributed by atoms with Gasteiger partial charge in [0, 0.05) is 51.4 Å². The summed E-state index contributed by atoms with van der Waals surface area (Å²) >= 11 is 0. The Balaban J connectivity index is 1.74. The number of carbonyl (C=O) groups is 1. The van der Waals surface area contributed by atoms with Crippen molar-refractivity contribution in [1.29, 1.82) is 0 Å². The van der Waals surface area contributed by atoms with Gasteiger partial charge in [0.25, 0.3) is 5.91 Å². The summed E-state index contributed by atoms with van der Waals surface area (Å²) in [5, 5.41) is 10.3. The molecule has 7 nitrogen and oxygen atoms in total. The number of hydrogen-bond donors (Lipinski definition) is 1. The summed E-state index contributed by atoms with van der Waals surface area (Å²) in [7, 11) is 2.11. The Morgan fingerprint density at radius 2 is 2.00 bits per heavy atom. The molecule has 3 rings (SSSR count). The number of carbonyl (C=O) groups excluding carboxylic acids is 1. The Morgan fingerprint density at radius 1 is 1.33 bits per heavy atom. The minimum atomic E-state index is -0.829. The van der Waals surface area contributed by atoms with Crippen molar-refractivity contribution in [3.63, 3.8) is 0 Å². The second-order valence-corrected chi connectivity index (χ2v) is 7.40. The van der Waals surface area contributed by atoms with Crippen molar-refractivity contribution in [3.8, 4) is 0 Å². The third-order valence-corrected chi connectivity index (χ3v) is 5.34. The molecule has 1 aromatic rings. The van der Waals surface area contributed by atoms with E-state index in [2.05, 4.69) is 26.8 Å². The predicted octanol–water partition coefficient (Wildman–Crippen LogP) is 0.380. The number of hydrogen-bond acceptors (Lipinski definition) is 6. The molecule has 7 heteroatoms. The van der Waals surface area contributed by atoms with Crippen LogP contribution in [0.25, 0.3) is 0 Å². The molecule has 0 radical (unpaired) electrons. The van der Waals surface area contributed by atoms with Crippen LogP contribution >= 0.6 is 0 Å². The lowest BCUT2D eigenvalue weighted by Gasteiger charge is -2.32. The monoisotopic (exact) mass is 333 g/mol. The number of likely N-dealkylation sites (N-methyl/N-ethyl adjacent to an activating group) is 1. The second-order valence-electron chi connectivity index (χ2n) is 7.40. The zero-order chi connectivity index (χ0) is 17.5. The lowest BCUT2D eigenvalue weighted by Crippen LogP contribution is -2.45. The lowest BCUT2D eigenvalue weighted by molar-refractivity contribution is 0.0351. The summed E-state index contributed by atoms with van der Waals surface area (Å²) < 4.78 is 0. The number of likely N-dealkylation sites (tertiary alicyclic amines) is 1. The number of aryl methyl sites for hydroxylation is 1. The van der Waals surface area contributed by atoms with Crippen LogP contribution in [0.15, 0.2) is 6.20 Å². The number of piperazine rings is 1. The first-order chi connectivity index (χ1) is 11.3. The van der Waals surface area contributed by atoms with Crippen LogP contribution in [0.1, 0.15) is 29.9 Å². The summed E-state index contributed by atoms with van der Waals surface area (Å²) in [6.45, 7) is 10.3. The molecule has 0 bridgehead atoms. The van der Waals surface area contributed by atoms with Crippen LogP contribution in [-0.4, -0.2) is 82.7 Å². The zero-order valence-corrected chi connectivity index (χ0v) is 15.0. The van der Waals surface area contributed by atoms with E-state index in [1.54, 1.807) is 18.0 Å². The third-order valence-electron chi connectivity index (χ3n) is 5.34. The average molecular weight is 333 g/mol. The van der Waals surface area contributed by atoms with Crippen molar-refractivity contribution in [2.75, 3.05) is 51.2 Å². The Hall–Kier alpha value is -1.73. The molecule has 2 atom stereocenters. The molecule has 2 aliphatic rings. The molecular formula is C17H27N5O2. The van der Waals surface area contributed by atoms with Crippen LogP contribution < -0.4 is 4.90 Å². The van der Waals surface area contributed by atoms with Gasteiger partial charge in [0.05, 0.1) is 16.9 Å². The largest absolute Gasteiger partial charge is 0.388 e. The van der Waals surface area contributed by atoms with E-state index in [4.69, 9.17) is 0 Å². The van der Waals surface area contributed by atoms with E-state index in [1.807, 2.05) is 13.8 Å². The van der Waals surface area contributed by atoms with Gasteiger partial charge >= 0.3 is 0 Å². The van der Waals surface area contributed by atoms with Crippen molar-refractivity contribution in [2.24, 2.45) is 5.92 Å². The quantitative estimate of drug-likeness (QED) is 0.844. The number of amides is 1. The molecule has 0 saturated carbocycles. The van der Waals surface area contributed by atoms with E-state index in [0.29, 0.717) is 30.3 Å². The Kier molecular flexibility index (Phi) is 4.48. The Labute approximate surface area is 143 Å². The van der Waals surface area contributed by atoms with Crippen LogP contribution in [0.3, 0.4) is 0 Å². The molecule has 0 unspecified atom stereocenters.